The van der Waals surface area contributed by atoms with Gasteiger partial charge in [-0.15, -0.1) is 0 Å². The quantitative estimate of drug-likeness (QED) is 0.269. The van der Waals surface area contributed by atoms with Crippen LogP contribution in [0.2, 0.25) is 0 Å². The van der Waals surface area contributed by atoms with Crippen LogP contribution in [0.25, 0.3) is 0 Å². The Balaban J connectivity index is 3.04. The molecule has 118 valence electrons. The van der Waals surface area contributed by atoms with Gasteiger partial charge in [-0.2, -0.15) is 0 Å². The molecule has 0 aromatic rings. The molecule has 0 unspecified atom stereocenters. The third-order valence-electron chi connectivity index (χ3n) is 3.77. The third kappa shape index (κ3) is 17.3. The predicted molar refractivity (Wildman–Crippen MR) is 92.8 cm³/mol. The van der Waals surface area contributed by atoms with E-state index in [9.17, 15) is 0 Å². The maximum absolute atomic E-state index is 5.52. The van der Waals surface area contributed by atoms with Gasteiger partial charge in [0, 0.05) is 5.70 Å². The lowest BCUT2D eigenvalue weighted by atomic mass is 10.1. The molecule has 0 aromatic heterocycles. The van der Waals surface area contributed by atoms with Crippen molar-refractivity contribution in [2.24, 2.45) is 5.73 Å². The van der Waals surface area contributed by atoms with Crippen molar-refractivity contribution in [2.75, 3.05) is 0 Å². The Hall–Kier alpha value is -0.720. The number of allylic oxidation sites excluding steroid dienone is 3. The van der Waals surface area contributed by atoms with Crippen molar-refractivity contribution in [3.8, 4) is 0 Å². The van der Waals surface area contributed by atoms with Gasteiger partial charge in [0.15, 0.2) is 0 Å². The maximum Gasteiger partial charge on any atom is 0.00105 e. The predicted octanol–water partition coefficient (Wildman–Crippen LogP) is 6.50. The zero-order chi connectivity index (χ0) is 14.9. The second kappa shape index (κ2) is 16.3. The van der Waals surface area contributed by atoms with E-state index in [0.717, 1.165) is 18.5 Å². The van der Waals surface area contributed by atoms with Crippen molar-refractivity contribution in [1.82, 2.24) is 0 Å². The van der Waals surface area contributed by atoms with Crippen LogP contribution in [0, 0.1) is 0 Å². The summed E-state index contributed by atoms with van der Waals surface area (Å²) in [5, 5.41) is 0. The lowest BCUT2D eigenvalue weighted by Crippen LogP contribution is -1.92. The van der Waals surface area contributed by atoms with Crippen molar-refractivity contribution in [1.29, 1.82) is 0 Å². The van der Waals surface area contributed by atoms with Crippen LogP contribution in [0.5, 0.6) is 0 Å². The van der Waals surface area contributed by atoms with Crippen LogP contribution in [-0.4, -0.2) is 0 Å². The van der Waals surface area contributed by atoms with Gasteiger partial charge < -0.3 is 5.73 Å². The van der Waals surface area contributed by atoms with Gasteiger partial charge >= 0.3 is 0 Å². The SMILES string of the molecule is C=C(N)CC/C=C/CCCCCCCCCCCCC. The van der Waals surface area contributed by atoms with E-state index < -0.39 is 0 Å². The summed E-state index contributed by atoms with van der Waals surface area (Å²) in [5.41, 5.74) is 6.31. The molecule has 0 saturated carbocycles. The number of nitrogens with two attached hydrogens (primary N) is 1. The first-order valence-electron chi connectivity index (χ1n) is 8.85. The van der Waals surface area contributed by atoms with Gasteiger partial charge in [-0.25, -0.2) is 0 Å². The molecular weight excluding hydrogens is 242 g/mol. The Bertz CT molecular complexity index is 230. The van der Waals surface area contributed by atoms with Crippen LogP contribution in [0.15, 0.2) is 24.4 Å². The Morgan fingerprint density at radius 3 is 1.70 bits per heavy atom. The largest absolute Gasteiger partial charge is 0.403 e. The number of hydrogen-bond acceptors (Lipinski definition) is 1. The summed E-state index contributed by atoms with van der Waals surface area (Å²) < 4.78 is 0. The van der Waals surface area contributed by atoms with Crippen molar-refractivity contribution in [2.45, 2.75) is 96.8 Å². The van der Waals surface area contributed by atoms with Crippen LogP contribution in [0.3, 0.4) is 0 Å². The lowest BCUT2D eigenvalue weighted by molar-refractivity contribution is 0.550. The summed E-state index contributed by atoms with van der Waals surface area (Å²) in [6.45, 7) is 5.98. The van der Waals surface area contributed by atoms with Crippen LogP contribution >= 0.6 is 0 Å². The Labute approximate surface area is 127 Å². The van der Waals surface area contributed by atoms with Crippen molar-refractivity contribution in [3.63, 3.8) is 0 Å². The normalized spacial score (nSPS) is 11.2. The Morgan fingerprint density at radius 1 is 0.750 bits per heavy atom. The molecule has 0 rings (SSSR count). The molecule has 0 aliphatic heterocycles. The third-order valence-corrected chi connectivity index (χ3v) is 3.77. The monoisotopic (exact) mass is 279 g/mol. The van der Waals surface area contributed by atoms with E-state index in [1.54, 1.807) is 0 Å². The van der Waals surface area contributed by atoms with Gasteiger partial charge in [0.2, 0.25) is 0 Å². The average Bonchev–Trinajstić information content (AvgIpc) is 2.43. The Morgan fingerprint density at radius 2 is 1.20 bits per heavy atom. The molecule has 0 heterocycles. The minimum absolute atomic E-state index is 0.796. The van der Waals surface area contributed by atoms with E-state index in [-0.39, 0.29) is 0 Å². The topological polar surface area (TPSA) is 26.0 Å². The van der Waals surface area contributed by atoms with Crippen molar-refractivity contribution < 1.29 is 0 Å². The number of hydrogen-bond donors (Lipinski definition) is 1. The minimum Gasteiger partial charge on any atom is -0.403 e. The summed E-state index contributed by atoms with van der Waals surface area (Å²) in [7, 11) is 0. The van der Waals surface area contributed by atoms with Gasteiger partial charge in [-0.05, 0) is 25.7 Å². The zero-order valence-electron chi connectivity index (χ0n) is 13.8. The molecule has 1 nitrogen and oxygen atoms in total. The zero-order valence-corrected chi connectivity index (χ0v) is 13.8. The van der Waals surface area contributed by atoms with E-state index in [0.29, 0.717) is 0 Å². The first-order valence-corrected chi connectivity index (χ1v) is 8.85. The molecule has 0 saturated heterocycles. The summed E-state index contributed by atoms with van der Waals surface area (Å²) in [6.07, 6.45) is 23.4. The fraction of sp³-hybridized carbons (Fsp3) is 0.789. The number of rotatable bonds is 15. The highest BCUT2D eigenvalue weighted by molar-refractivity contribution is 4.91. The highest BCUT2D eigenvalue weighted by atomic mass is 14.5. The molecule has 0 aromatic carbocycles. The number of unbranched alkanes of at least 4 members (excludes halogenated alkanes) is 11. The molecule has 0 fully saturated rings. The summed E-state index contributed by atoms with van der Waals surface area (Å²) in [6, 6.07) is 0. The van der Waals surface area contributed by atoms with Gasteiger partial charge in [0.25, 0.3) is 0 Å². The van der Waals surface area contributed by atoms with Gasteiger partial charge in [0.1, 0.15) is 0 Å². The highest BCUT2D eigenvalue weighted by Crippen LogP contribution is 2.12. The highest BCUT2D eigenvalue weighted by Gasteiger charge is 1.92. The van der Waals surface area contributed by atoms with Gasteiger partial charge in [-0.1, -0.05) is 89.9 Å². The van der Waals surface area contributed by atoms with E-state index in [1.807, 2.05) is 0 Å². The molecule has 0 atom stereocenters. The molecular formula is C19H37N. The maximum atomic E-state index is 5.52. The average molecular weight is 280 g/mol. The molecule has 0 spiro atoms. The van der Waals surface area contributed by atoms with Gasteiger partial charge in [-0.3, -0.25) is 0 Å². The minimum atomic E-state index is 0.796. The fourth-order valence-corrected chi connectivity index (χ4v) is 2.43. The molecule has 0 amide bonds. The van der Waals surface area contributed by atoms with E-state index >= 15 is 0 Å². The molecule has 20 heavy (non-hydrogen) atoms. The molecule has 1 heteroatoms. The molecule has 0 aliphatic rings. The van der Waals surface area contributed by atoms with Crippen molar-refractivity contribution in [3.05, 3.63) is 24.4 Å². The van der Waals surface area contributed by atoms with E-state index in [1.165, 1.54) is 77.0 Å². The van der Waals surface area contributed by atoms with E-state index in [4.69, 9.17) is 5.73 Å². The molecule has 2 N–H and O–H groups in total. The fourth-order valence-electron chi connectivity index (χ4n) is 2.43. The first-order chi connectivity index (χ1) is 9.77. The van der Waals surface area contributed by atoms with Crippen LogP contribution < -0.4 is 5.73 Å². The van der Waals surface area contributed by atoms with E-state index in [2.05, 4.69) is 25.7 Å². The smallest absolute Gasteiger partial charge is 0.00105 e. The lowest BCUT2D eigenvalue weighted by Gasteiger charge is -2.01. The second-order valence-electron chi connectivity index (χ2n) is 5.99. The molecule has 0 radical (unpaired) electrons. The molecule has 0 bridgehead atoms. The van der Waals surface area contributed by atoms with Crippen molar-refractivity contribution >= 4 is 0 Å². The summed E-state index contributed by atoms with van der Waals surface area (Å²) >= 11 is 0. The summed E-state index contributed by atoms with van der Waals surface area (Å²) in [4.78, 5) is 0. The summed E-state index contributed by atoms with van der Waals surface area (Å²) in [5.74, 6) is 0. The second-order valence-corrected chi connectivity index (χ2v) is 5.99. The van der Waals surface area contributed by atoms with Crippen LogP contribution in [0.4, 0.5) is 0 Å². The Kier molecular flexibility index (Phi) is 15.7. The van der Waals surface area contributed by atoms with Gasteiger partial charge in [0.05, 0.1) is 0 Å². The standard InChI is InChI=1S/C19H37N/c1-3-4-5-6-7-8-9-10-11-12-13-14-15-16-17-18-19(2)20/h15-16H,2-14,17-18,20H2,1H3/b16-15+. The van der Waals surface area contributed by atoms with Crippen LogP contribution in [0.1, 0.15) is 96.8 Å². The van der Waals surface area contributed by atoms with Crippen LogP contribution in [-0.2, 0) is 0 Å². The first kappa shape index (κ1) is 19.3. The molecule has 0 aliphatic carbocycles.